The number of rotatable bonds is 5. The fraction of sp³-hybridized carbons (Fsp3) is 0.353. The molecule has 0 saturated heterocycles. The molecule has 1 aromatic heterocycles. The Labute approximate surface area is 144 Å². The standard InChI is InChI=1S/C17H20N4O4/c1-9-16-11(7-15(23)19-17(16)21(2)20-9)10-4-5-12(24-3)13(6-10)25-8-14(18)22/h4-6,11H,7-8H2,1-3H3,(H2,18,22)(H,19,23). The Morgan fingerprint density at radius 2 is 2.20 bits per heavy atom. The highest BCUT2D eigenvalue weighted by Crippen LogP contribution is 2.41. The Morgan fingerprint density at radius 3 is 2.88 bits per heavy atom. The lowest BCUT2D eigenvalue weighted by atomic mass is 9.85. The van der Waals surface area contributed by atoms with Gasteiger partial charge in [0.05, 0.1) is 12.8 Å². The number of amides is 2. The highest BCUT2D eigenvalue weighted by Gasteiger charge is 2.32. The van der Waals surface area contributed by atoms with E-state index in [0.29, 0.717) is 23.7 Å². The van der Waals surface area contributed by atoms with Gasteiger partial charge in [-0.15, -0.1) is 0 Å². The first-order chi connectivity index (χ1) is 11.9. The zero-order chi connectivity index (χ0) is 18.1. The summed E-state index contributed by atoms with van der Waals surface area (Å²) < 4.78 is 12.4. The van der Waals surface area contributed by atoms with Crippen molar-refractivity contribution >= 4 is 17.6 Å². The van der Waals surface area contributed by atoms with Crippen molar-refractivity contribution < 1.29 is 19.1 Å². The van der Waals surface area contributed by atoms with E-state index in [2.05, 4.69) is 10.4 Å². The number of benzene rings is 1. The number of carbonyl (C=O) groups is 2. The number of nitrogens with zero attached hydrogens (tertiary/aromatic N) is 2. The second-order valence-electron chi connectivity index (χ2n) is 5.94. The average Bonchev–Trinajstić information content (AvgIpc) is 2.86. The third kappa shape index (κ3) is 3.15. The van der Waals surface area contributed by atoms with E-state index in [1.807, 2.05) is 13.0 Å². The molecule has 0 radical (unpaired) electrons. The number of ether oxygens (including phenoxy) is 2. The number of methoxy groups -OCH3 is 1. The zero-order valence-electron chi connectivity index (χ0n) is 14.3. The summed E-state index contributed by atoms with van der Waals surface area (Å²) in [6.45, 7) is 1.67. The molecule has 1 unspecified atom stereocenters. The van der Waals surface area contributed by atoms with Crippen LogP contribution in [-0.2, 0) is 16.6 Å². The molecule has 3 rings (SSSR count). The Bertz CT molecular complexity index is 843. The van der Waals surface area contributed by atoms with Crippen molar-refractivity contribution in [3.63, 3.8) is 0 Å². The second-order valence-corrected chi connectivity index (χ2v) is 5.94. The van der Waals surface area contributed by atoms with E-state index in [0.717, 1.165) is 16.8 Å². The molecular weight excluding hydrogens is 324 g/mol. The Hall–Kier alpha value is -3.03. The van der Waals surface area contributed by atoms with Gasteiger partial charge in [0, 0.05) is 24.9 Å². The van der Waals surface area contributed by atoms with Gasteiger partial charge in [0.25, 0.3) is 5.91 Å². The summed E-state index contributed by atoms with van der Waals surface area (Å²) >= 11 is 0. The van der Waals surface area contributed by atoms with Crippen LogP contribution in [0.3, 0.4) is 0 Å². The Morgan fingerprint density at radius 1 is 1.44 bits per heavy atom. The van der Waals surface area contributed by atoms with Crippen LogP contribution in [-0.4, -0.2) is 35.3 Å². The van der Waals surface area contributed by atoms with Gasteiger partial charge in [0.15, 0.2) is 18.1 Å². The van der Waals surface area contributed by atoms with Crippen molar-refractivity contribution in [2.75, 3.05) is 19.0 Å². The van der Waals surface area contributed by atoms with E-state index in [9.17, 15) is 9.59 Å². The smallest absolute Gasteiger partial charge is 0.255 e. The van der Waals surface area contributed by atoms with Gasteiger partial charge in [-0.2, -0.15) is 5.10 Å². The summed E-state index contributed by atoms with van der Waals surface area (Å²) in [6, 6.07) is 5.42. The highest BCUT2D eigenvalue weighted by atomic mass is 16.5. The third-order valence-electron chi connectivity index (χ3n) is 4.22. The number of primary amides is 1. The normalized spacial score (nSPS) is 16.1. The number of hydrogen-bond donors (Lipinski definition) is 2. The molecular formula is C17H20N4O4. The highest BCUT2D eigenvalue weighted by molar-refractivity contribution is 5.94. The maximum absolute atomic E-state index is 12.1. The molecule has 1 aliphatic rings. The first-order valence-corrected chi connectivity index (χ1v) is 7.83. The quantitative estimate of drug-likeness (QED) is 0.843. The zero-order valence-corrected chi connectivity index (χ0v) is 14.3. The van der Waals surface area contributed by atoms with Crippen molar-refractivity contribution in [3.05, 3.63) is 35.0 Å². The van der Waals surface area contributed by atoms with Gasteiger partial charge < -0.3 is 20.5 Å². The molecule has 2 aromatic rings. The second kappa shape index (κ2) is 6.46. The number of carbonyl (C=O) groups excluding carboxylic acids is 2. The minimum Gasteiger partial charge on any atom is -0.493 e. The molecule has 2 heterocycles. The first-order valence-electron chi connectivity index (χ1n) is 7.83. The van der Waals surface area contributed by atoms with Crippen molar-refractivity contribution in [2.24, 2.45) is 12.8 Å². The first kappa shape index (κ1) is 16.8. The molecule has 0 bridgehead atoms. The Kier molecular flexibility index (Phi) is 4.35. The van der Waals surface area contributed by atoms with Gasteiger partial charge in [-0.25, -0.2) is 0 Å². The van der Waals surface area contributed by atoms with Crippen LogP contribution in [0.15, 0.2) is 18.2 Å². The lowest BCUT2D eigenvalue weighted by Gasteiger charge is -2.24. The maximum atomic E-state index is 12.1. The van der Waals surface area contributed by atoms with E-state index in [4.69, 9.17) is 15.2 Å². The third-order valence-corrected chi connectivity index (χ3v) is 4.22. The van der Waals surface area contributed by atoms with E-state index in [-0.39, 0.29) is 18.4 Å². The molecule has 0 saturated carbocycles. The summed E-state index contributed by atoms with van der Waals surface area (Å²) in [7, 11) is 3.31. The molecule has 132 valence electrons. The number of hydrogen-bond acceptors (Lipinski definition) is 5. The van der Waals surface area contributed by atoms with E-state index in [1.54, 1.807) is 23.9 Å². The van der Waals surface area contributed by atoms with Gasteiger partial charge in [0.1, 0.15) is 5.82 Å². The largest absolute Gasteiger partial charge is 0.493 e. The van der Waals surface area contributed by atoms with Gasteiger partial charge in [0.2, 0.25) is 5.91 Å². The monoisotopic (exact) mass is 344 g/mol. The van der Waals surface area contributed by atoms with Crippen LogP contribution in [0.25, 0.3) is 0 Å². The predicted molar refractivity (Wildman–Crippen MR) is 90.7 cm³/mol. The number of nitrogens with one attached hydrogen (secondary N) is 1. The van der Waals surface area contributed by atoms with Gasteiger partial charge in [-0.1, -0.05) is 6.07 Å². The molecule has 2 amide bonds. The molecule has 0 aliphatic carbocycles. The van der Waals surface area contributed by atoms with Crippen LogP contribution in [0.1, 0.15) is 29.2 Å². The van der Waals surface area contributed by atoms with Crippen LogP contribution < -0.4 is 20.5 Å². The number of fused-ring (bicyclic) bond motifs is 1. The van der Waals surface area contributed by atoms with E-state index in [1.165, 1.54) is 7.11 Å². The summed E-state index contributed by atoms with van der Waals surface area (Å²) in [5, 5.41) is 7.27. The van der Waals surface area contributed by atoms with Crippen molar-refractivity contribution in [1.82, 2.24) is 9.78 Å². The number of anilines is 1. The van der Waals surface area contributed by atoms with E-state index < -0.39 is 5.91 Å². The van der Waals surface area contributed by atoms with Crippen molar-refractivity contribution in [2.45, 2.75) is 19.3 Å². The molecule has 1 aliphatic heterocycles. The molecule has 1 atom stereocenters. The molecule has 0 fully saturated rings. The maximum Gasteiger partial charge on any atom is 0.255 e. The number of nitrogens with two attached hydrogens (primary N) is 1. The lowest BCUT2D eigenvalue weighted by Crippen LogP contribution is -2.25. The molecule has 8 nitrogen and oxygen atoms in total. The van der Waals surface area contributed by atoms with Gasteiger partial charge >= 0.3 is 0 Å². The van der Waals surface area contributed by atoms with Crippen LogP contribution in [0.2, 0.25) is 0 Å². The topological polar surface area (TPSA) is 108 Å². The van der Waals surface area contributed by atoms with Crippen LogP contribution >= 0.6 is 0 Å². The summed E-state index contributed by atoms with van der Waals surface area (Å²) in [5.41, 5.74) is 7.87. The minimum absolute atomic E-state index is 0.0732. The fourth-order valence-electron chi connectivity index (χ4n) is 3.17. The number of aromatic nitrogens is 2. The molecule has 0 spiro atoms. The average molecular weight is 344 g/mol. The van der Waals surface area contributed by atoms with Crippen LogP contribution in [0.4, 0.5) is 5.82 Å². The lowest BCUT2D eigenvalue weighted by molar-refractivity contribution is -0.120. The summed E-state index contributed by atoms with van der Waals surface area (Å²) in [6.07, 6.45) is 0.307. The van der Waals surface area contributed by atoms with Crippen LogP contribution in [0.5, 0.6) is 11.5 Å². The fourth-order valence-corrected chi connectivity index (χ4v) is 3.17. The van der Waals surface area contributed by atoms with Crippen molar-refractivity contribution in [3.8, 4) is 11.5 Å². The summed E-state index contributed by atoms with van der Waals surface area (Å²) in [5.74, 6) is 0.806. The number of aryl methyl sites for hydroxylation is 2. The molecule has 1 aromatic carbocycles. The predicted octanol–water partition coefficient (Wildman–Crippen LogP) is 1.08. The molecule has 25 heavy (non-hydrogen) atoms. The SMILES string of the molecule is COc1ccc(C2CC(=O)Nc3c2c(C)nn3C)cc1OCC(N)=O. The van der Waals surface area contributed by atoms with Crippen LogP contribution in [0, 0.1) is 6.92 Å². The van der Waals surface area contributed by atoms with Gasteiger partial charge in [-0.3, -0.25) is 14.3 Å². The van der Waals surface area contributed by atoms with Crippen molar-refractivity contribution in [1.29, 1.82) is 0 Å². The van der Waals surface area contributed by atoms with E-state index >= 15 is 0 Å². The van der Waals surface area contributed by atoms with Gasteiger partial charge in [-0.05, 0) is 24.6 Å². The molecule has 8 heteroatoms. The Balaban J connectivity index is 2.03. The summed E-state index contributed by atoms with van der Waals surface area (Å²) in [4.78, 5) is 23.1. The minimum atomic E-state index is -0.574. The molecule has 3 N–H and O–H groups in total.